The van der Waals surface area contributed by atoms with Gasteiger partial charge in [-0.15, -0.1) is 0 Å². The van der Waals surface area contributed by atoms with Crippen LogP contribution in [0.2, 0.25) is 5.54 Å². The molecule has 0 rings (SSSR count). The van der Waals surface area contributed by atoms with Gasteiger partial charge in [-0.3, -0.25) is 0 Å². The lowest BCUT2D eigenvalue weighted by molar-refractivity contribution is 0.183. The summed E-state index contributed by atoms with van der Waals surface area (Å²) >= 11 is 4.27. The van der Waals surface area contributed by atoms with Crippen LogP contribution in [-0.4, -0.2) is 28.3 Å². The predicted octanol–water partition coefficient (Wildman–Crippen LogP) is 3.94. The van der Waals surface area contributed by atoms with Gasteiger partial charge < -0.3 is 8.85 Å². The molecule has 0 aromatic heterocycles. The van der Waals surface area contributed by atoms with E-state index in [4.69, 9.17) is 8.85 Å². The molecular weight excluding hydrogens is 248 g/mol. The van der Waals surface area contributed by atoms with Gasteiger partial charge in [-0.05, 0) is 37.0 Å². The molecule has 0 fully saturated rings. The van der Waals surface area contributed by atoms with Crippen LogP contribution in [0.5, 0.6) is 0 Å². The fraction of sp³-hybridized carbons (Fsp3) is 1.00. The van der Waals surface area contributed by atoms with Gasteiger partial charge in [0.15, 0.2) is 0 Å². The average molecular weight is 279 g/mol. The minimum Gasteiger partial charge on any atom is -0.396 e. The summed E-state index contributed by atoms with van der Waals surface area (Å²) in [6.45, 7) is 8.43. The van der Waals surface area contributed by atoms with Crippen LogP contribution in [0.1, 0.15) is 59.3 Å². The number of rotatable bonds is 12. The normalized spacial score (nSPS) is 13.2. The minimum absolute atomic E-state index is 0.607. The SMILES string of the molecule is CCCCO[SiH](OCCCC)C(C)CCCS. The molecule has 0 aromatic carbocycles. The number of hydrogen-bond donors (Lipinski definition) is 1. The Morgan fingerprint density at radius 2 is 1.53 bits per heavy atom. The summed E-state index contributed by atoms with van der Waals surface area (Å²) in [7, 11) is -1.46. The van der Waals surface area contributed by atoms with Gasteiger partial charge in [0, 0.05) is 13.2 Å². The molecule has 0 amide bonds. The first-order chi connectivity index (χ1) is 8.26. The molecule has 4 heteroatoms. The molecule has 0 saturated carbocycles. The summed E-state index contributed by atoms with van der Waals surface area (Å²) in [4.78, 5) is 0. The Bertz CT molecular complexity index is 148. The standard InChI is InChI=1S/C13H30O2SSi/c1-4-6-10-14-17(15-11-7-5-2)13(3)9-8-12-16/h13,16-17H,4-12H2,1-3H3. The van der Waals surface area contributed by atoms with Crippen molar-refractivity contribution in [3.05, 3.63) is 0 Å². The topological polar surface area (TPSA) is 18.5 Å². The highest BCUT2D eigenvalue weighted by atomic mass is 32.1. The first kappa shape index (κ1) is 17.5. The van der Waals surface area contributed by atoms with E-state index in [9.17, 15) is 0 Å². The molecular formula is C13H30O2SSi. The second kappa shape index (κ2) is 12.9. The molecule has 0 spiro atoms. The van der Waals surface area contributed by atoms with Crippen LogP contribution in [0.15, 0.2) is 0 Å². The Hall–Kier alpha value is 0.487. The van der Waals surface area contributed by atoms with Crippen molar-refractivity contribution < 1.29 is 8.85 Å². The van der Waals surface area contributed by atoms with E-state index in [2.05, 4.69) is 33.4 Å². The van der Waals surface area contributed by atoms with Crippen LogP contribution in [0, 0.1) is 0 Å². The fourth-order valence-corrected chi connectivity index (χ4v) is 3.86. The van der Waals surface area contributed by atoms with Gasteiger partial charge in [-0.2, -0.15) is 12.6 Å². The summed E-state index contributed by atoms with van der Waals surface area (Å²) in [6.07, 6.45) is 7.06. The number of thiol groups is 1. The Kier molecular flexibility index (Phi) is 13.3. The van der Waals surface area contributed by atoms with Crippen LogP contribution < -0.4 is 0 Å². The zero-order valence-electron chi connectivity index (χ0n) is 11.8. The van der Waals surface area contributed by atoms with Gasteiger partial charge in [0.25, 0.3) is 0 Å². The molecule has 0 saturated heterocycles. The Morgan fingerprint density at radius 1 is 1.00 bits per heavy atom. The molecule has 0 bridgehead atoms. The van der Waals surface area contributed by atoms with Crippen molar-refractivity contribution in [2.45, 2.75) is 64.8 Å². The van der Waals surface area contributed by atoms with Crippen molar-refractivity contribution >= 4 is 21.9 Å². The average Bonchev–Trinajstić information content (AvgIpc) is 2.34. The van der Waals surface area contributed by atoms with Crippen molar-refractivity contribution in [2.24, 2.45) is 0 Å². The molecule has 1 unspecified atom stereocenters. The Labute approximate surface area is 115 Å². The summed E-state index contributed by atoms with van der Waals surface area (Å²) in [5, 5.41) is 0. The van der Waals surface area contributed by atoms with Crippen molar-refractivity contribution in [1.29, 1.82) is 0 Å². The van der Waals surface area contributed by atoms with Crippen LogP contribution in [0.3, 0.4) is 0 Å². The first-order valence-electron chi connectivity index (χ1n) is 7.10. The third-order valence-electron chi connectivity index (χ3n) is 2.84. The first-order valence-corrected chi connectivity index (χ1v) is 9.34. The lowest BCUT2D eigenvalue weighted by Gasteiger charge is -2.22. The maximum Gasteiger partial charge on any atom is 0.324 e. The summed E-state index contributed by atoms with van der Waals surface area (Å²) < 4.78 is 12.0. The highest BCUT2D eigenvalue weighted by Crippen LogP contribution is 2.19. The minimum atomic E-state index is -1.46. The molecule has 0 aliphatic carbocycles. The van der Waals surface area contributed by atoms with Gasteiger partial charge in [0.05, 0.1) is 0 Å². The van der Waals surface area contributed by atoms with E-state index in [0.29, 0.717) is 5.54 Å². The van der Waals surface area contributed by atoms with E-state index in [-0.39, 0.29) is 0 Å². The molecule has 0 aliphatic heterocycles. The molecule has 104 valence electrons. The van der Waals surface area contributed by atoms with Crippen molar-refractivity contribution in [1.82, 2.24) is 0 Å². The van der Waals surface area contributed by atoms with Gasteiger partial charge in [0.1, 0.15) is 0 Å². The highest BCUT2D eigenvalue weighted by molar-refractivity contribution is 7.80. The summed E-state index contributed by atoms with van der Waals surface area (Å²) in [5.41, 5.74) is 0.607. The van der Waals surface area contributed by atoms with Gasteiger partial charge in [-0.25, -0.2) is 0 Å². The van der Waals surface area contributed by atoms with Crippen molar-refractivity contribution in [2.75, 3.05) is 19.0 Å². The van der Waals surface area contributed by atoms with Crippen molar-refractivity contribution in [3.63, 3.8) is 0 Å². The Balaban J connectivity index is 3.89. The smallest absolute Gasteiger partial charge is 0.324 e. The second-order valence-corrected chi connectivity index (χ2v) is 7.65. The molecule has 1 atom stereocenters. The Morgan fingerprint density at radius 3 is 1.94 bits per heavy atom. The lowest BCUT2D eigenvalue weighted by Crippen LogP contribution is -2.29. The van der Waals surface area contributed by atoms with E-state index in [1.807, 2.05) is 0 Å². The van der Waals surface area contributed by atoms with E-state index >= 15 is 0 Å². The van der Waals surface area contributed by atoms with Gasteiger partial charge in [-0.1, -0.05) is 33.6 Å². The predicted molar refractivity (Wildman–Crippen MR) is 81.4 cm³/mol. The molecule has 0 heterocycles. The number of unbranched alkanes of at least 4 members (excludes halogenated alkanes) is 2. The van der Waals surface area contributed by atoms with Gasteiger partial charge in [0.2, 0.25) is 0 Å². The zero-order valence-corrected chi connectivity index (χ0v) is 13.8. The maximum atomic E-state index is 5.98. The summed E-state index contributed by atoms with van der Waals surface area (Å²) in [5.74, 6) is 0.968. The molecule has 17 heavy (non-hydrogen) atoms. The van der Waals surface area contributed by atoms with E-state index < -0.39 is 9.28 Å². The van der Waals surface area contributed by atoms with Crippen LogP contribution in [0.4, 0.5) is 0 Å². The van der Waals surface area contributed by atoms with Crippen molar-refractivity contribution in [3.8, 4) is 0 Å². The summed E-state index contributed by atoms with van der Waals surface area (Å²) in [6, 6.07) is 0. The monoisotopic (exact) mass is 278 g/mol. The molecule has 0 N–H and O–H groups in total. The molecule has 0 aromatic rings. The third-order valence-corrected chi connectivity index (χ3v) is 5.55. The molecule has 0 aliphatic rings. The van der Waals surface area contributed by atoms with Crippen LogP contribution in [-0.2, 0) is 8.85 Å². The zero-order chi connectivity index (χ0) is 12.9. The molecule has 2 nitrogen and oxygen atoms in total. The van der Waals surface area contributed by atoms with Crippen LogP contribution >= 0.6 is 12.6 Å². The van der Waals surface area contributed by atoms with E-state index in [1.54, 1.807) is 0 Å². The van der Waals surface area contributed by atoms with Gasteiger partial charge >= 0.3 is 9.28 Å². The maximum absolute atomic E-state index is 5.98. The number of hydrogen-bond acceptors (Lipinski definition) is 3. The van der Waals surface area contributed by atoms with E-state index in [1.165, 1.54) is 25.7 Å². The van der Waals surface area contributed by atoms with E-state index in [0.717, 1.165) is 31.8 Å². The van der Waals surface area contributed by atoms with Crippen LogP contribution in [0.25, 0.3) is 0 Å². The largest absolute Gasteiger partial charge is 0.396 e. The lowest BCUT2D eigenvalue weighted by atomic mass is 10.3. The second-order valence-electron chi connectivity index (χ2n) is 4.66. The molecule has 0 radical (unpaired) electrons. The quantitative estimate of drug-likeness (QED) is 0.331. The third kappa shape index (κ3) is 10.1. The highest BCUT2D eigenvalue weighted by Gasteiger charge is 2.21. The fourth-order valence-electron chi connectivity index (χ4n) is 1.61.